The van der Waals surface area contributed by atoms with Gasteiger partial charge in [-0.3, -0.25) is 0 Å². The van der Waals surface area contributed by atoms with E-state index >= 15 is 0 Å². The number of anilines is 1. The number of rotatable bonds is 7. The summed E-state index contributed by atoms with van der Waals surface area (Å²) < 4.78 is 21.5. The lowest BCUT2D eigenvalue weighted by Gasteiger charge is -2.19. The number of hydrogen-bond donors (Lipinski definition) is 2. The predicted octanol–water partition coefficient (Wildman–Crippen LogP) is 2.41. The summed E-state index contributed by atoms with van der Waals surface area (Å²) in [6, 6.07) is 10.4. The number of nitrogens with two attached hydrogens (primary N) is 1. The summed E-state index contributed by atoms with van der Waals surface area (Å²) >= 11 is 0. The summed E-state index contributed by atoms with van der Waals surface area (Å²) in [6.45, 7) is 0.0509. The van der Waals surface area contributed by atoms with Crippen LogP contribution >= 0.6 is 0 Å². The van der Waals surface area contributed by atoms with Crippen molar-refractivity contribution in [1.29, 1.82) is 0 Å². The van der Waals surface area contributed by atoms with E-state index in [4.69, 9.17) is 24.7 Å². The average molecular weight is 319 g/mol. The normalized spacial score (nSPS) is 11.7. The molecule has 0 spiro atoms. The van der Waals surface area contributed by atoms with E-state index in [2.05, 4.69) is 0 Å². The Labute approximate surface area is 135 Å². The molecule has 0 radical (unpaired) electrons. The first-order valence-corrected chi connectivity index (χ1v) is 7.06. The molecule has 0 aliphatic rings. The Hall–Kier alpha value is -2.60. The van der Waals surface area contributed by atoms with Gasteiger partial charge in [0, 0.05) is 17.3 Å². The highest BCUT2D eigenvalue weighted by molar-refractivity contribution is 5.56. The van der Waals surface area contributed by atoms with E-state index in [0.29, 0.717) is 34.2 Å². The minimum atomic E-state index is -0.897. The van der Waals surface area contributed by atoms with E-state index in [-0.39, 0.29) is 6.61 Å². The van der Waals surface area contributed by atoms with Gasteiger partial charge in [0.1, 0.15) is 18.5 Å². The predicted molar refractivity (Wildman–Crippen MR) is 87.4 cm³/mol. The van der Waals surface area contributed by atoms with Crippen LogP contribution in [-0.2, 0) is 0 Å². The summed E-state index contributed by atoms with van der Waals surface area (Å²) in [5.74, 6) is 1.95. The van der Waals surface area contributed by atoms with E-state index in [1.165, 1.54) is 21.3 Å². The van der Waals surface area contributed by atoms with Gasteiger partial charge in [-0.25, -0.2) is 0 Å². The SMILES string of the molecule is COc1ccc(C(O)COc2cccc(N)c2)c(OC)c1OC. The molecule has 0 heterocycles. The van der Waals surface area contributed by atoms with Crippen LogP contribution in [0.2, 0.25) is 0 Å². The van der Waals surface area contributed by atoms with Gasteiger partial charge < -0.3 is 29.8 Å². The Kier molecular flexibility index (Phi) is 5.54. The molecule has 124 valence electrons. The van der Waals surface area contributed by atoms with Crippen LogP contribution in [0.15, 0.2) is 36.4 Å². The zero-order valence-corrected chi connectivity index (χ0v) is 13.4. The second-order valence-electron chi connectivity index (χ2n) is 4.82. The Bertz CT molecular complexity index is 659. The van der Waals surface area contributed by atoms with Crippen LogP contribution in [0.3, 0.4) is 0 Å². The van der Waals surface area contributed by atoms with Gasteiger partial charge in [0.05, 0.1) is 21.3 Å². The molecule has 0 aliphatic heterocycles. The van der Waals surface area contributed by atoms with E-state index in [1.807, 2.05) is 0 Å². The number of hydrogen-bond acceptors (Lipinski definition) is 6. The maximum Gasteiger partial charge on any atom is 0.203 e. The lowest BCUT2D eigenvalue weighted by molar-refractivity contribution is 0.105. The van der Waals surface area contributed by atoms with Gasteiger partial charge in [-0.05, 0) is 24.3 Å². The molecule has 0 amide bonds. The fourth-order valence-corrected chi connectivity index (χ4v) is 2.26. The molecule has 3 N–H and O–H groups in total. The summed E-state index contributed by atoms with van der Waals surface area (Å²) in [4.78, 5) is 0. The largest absolute Gasteiger partial charge is 0.493 e. The lowest BCUT2D eigenvalue weighted by Crippen LogP contribution is -2.11. The topological polar surface area (TPSA) is 83.2 Å². The Morgan fingerprint density at radius 1 is 1.00 bits per heavy atom. The van der Waals surface area contributed by atoms with Gasteiger partial charge >= 0.3 is 0 Å². The third-order valence-corrected chi connectivity index (χ3v) is 3.36. The van der Waals surface area contributed by atoms with Crippen molar-refractivity contribution in [2.24, 2.45) is 0 Å². The molecule has 2 rings (SSSR count). The zero-order chi connectivity index (χ0) is 16.8. The fourth-order valence-electron chi connectivity index (χ4n) is 2.26. The zero-order valence-electron chi connectivity index (χ0n) is 13.4. The summed E-state index contributed by atoms with van der Waals surface area (Å²) in [7, 11) is 4.56. The number of ether oxygens (including phenoxy) is 4. The van der Waals surface area contributed by atoms with Crippen LogP contribution in [0.4, 0.5) is 5.69 Å². The Balaban J connectivity index is 2.20. The highest BCUT2D eigenvalue weighted by Gasteiger charge is 2.21. The molecule has 1 atom stereocenters. The number of nitrogen functional groups attached to an aromatic ring is 1. The van der Waals surface area contributed by atoms with E-state index < -0.39 is 6.10 Å². The molecule has 6 heteroatoms. The highest BCUT2D eigenvalue weighted by Crippen LogP contribution is 2.42. The highest BCUT2D eigenvalue weighted by atomic mass is 16.5. The van der Waals surface area contributed by atoms with Crippen molar-refractivity contribution >= 4 is 5.69 Å². The Morgan fingerprint density at radius 3 is 2.35 bits per heavy atom. The minimum Gasteiger partial charge on any atom is -0.493 e. The summed E-state index contributed by atoms with van der Waals surface area (Å²) in [5.41, 5.74) is 6.85. The summed E-state index contributed by atoms with van der Waals surface area (Å²) in [5, 5.41) is 10.4. The molecule has 2 aromatic rings. The van der Waals surface area contributed by atoms with Gasteiger partial charge in [0.15, 0.2) is 11.5 Å². The van der Waals surface area contributed by atoms with Crippen molar-refractivity contribution in [1.82, 2.24) is 0 Å². The van der Waals surface area contributed by atoms with Crippen LogP contribution in [0.1, 0.15) is 11.7 Å². The molecular formula is C17H21NO5. The van der Waals surface area contributed by atoms with Crippen LogP contribution in [-0.4, -0.2) is 33.0 Å². The first-order chi connectivity index (χ1) is 11.1. The van der Waals surface area contributed by atoms with Crippen molar-refractivity contribution in [2.45, 2.75) is 6.10 Å². The van der Waals surface area contributed by atoms with Crippen LogP contribution in [0.5, 0.6) is 23.0 Å². The first kappa shape index (κ1) is 16.8. The standard InChI is InChI=1S/C17H21NO5/c1-20-15-8-7-13(16(21-2)17(15)22-3)14(19)10-23-12-6-4-5-11(18)9-12/h4-9,14,19H,10,18H2,1-3H3. The maximum absolute atomic E-state index is 10.4. The van der Waals surface area contributed by atoms with Crippen molar-refractivity contribution in [2.75, 3.05) is 33.7 Å². The van der Waals surface area contributed by atoms with Gasteiger partial charge in [0.2, 0.25) is 5.75 Å². The van der Waals surface area contributed by atoms with Crippen LogP contribution in [0, 0.1) is 0 Å². The van der Waals surface area contributed by atoms with Gasteiger partial charge in [0.25, 0.3) is 0 Å². The molecule has 2 aromatic carbocycles. The molecule has 0 saturated carbocycles. The van der Waals surface area contributed by atoms with Gasteiger partial charge in [-0.15, -0.1) is 0 Å². The third kappa shape index (κ3) is 3.78. The molecule has 0 fully saturated rings. The molecule has 23 heavy (non-hydrogen) atoms. The third-order valence-electron chi connectivity index (χ3n) is 3.36. The second kappa shape index (κ2) is 7.60. The molecule has 0 saturated heterocycles. The van der Waals surface area contributed by atoms with Crippen molar-refractivity contribution in [3.8, 4) is 23.0 Å². The molecular weight excluding hydrogens is 298 g/mol. The quantitative estimate of drug-likeness (QED) is 0.763. The molecule has 6 nitrogen and oxygen atoms in total. The number of aliphatic hydroxyl groups excluding tert-OH is 1. The Morgan fingerprint density at radius 2 is 1.74 bits per heavy atom. The fraction of sp³-hybridized carbons (Fsp3) is 0.294. The molecule has 0 bridgehead atoms. The number of aliphatic hydroxyl groups is 1. The number of benzene rings is 2. The molecule has 0 aromatic heterocycles. The first-order valence-electron chi connectivity index (χ1n) is 7.06. The summed E-state index contributed by atoms with van der Waals surface area (Å²) in [6.07, 6.45) is -0.897. The number of methoxy groups -OCH3 is 3. The van der Waals surface area contributed by atoms with Crippen molar-refractivity contribution in [3.63, 3.8) is 0 Å². The van der Waals surface area contributed by atoms with Gasteiger partial charge in [-0.2, -0.15) is 0 Å². The molecule has 1 unspecified atom stereocenters. The smallest absolute Gasteiger partial charge is 0.203 e. The monoisotopic (exact) mass is 319 g/mol. The van der Waals surface area contributed by atoms with Gasteiger partial charge in [-0.1, -0.05) is 6.07 Å². The average Bonchev–Trinajstić information content (AvgIpc) is 2.58. The van der Waals surface area contributed by atoms with Crippen LogP contribution in [0.25, 0.3) is 0 Å². The van der Waals surface area contributed by atoms with Crippen molar-refractivity contribution < 1.29 is 24.1 Å². The minimum absolute atomic E-state index is 0.0509. The maximum atomic E-state index is 10.4. The van der Waals surface area contributed by atoms with E-state index in [9.17, 15) is 5.11 Å². The lowest BCUT2D eigenvalue weighted by atomic mass is 10.1. The van der Waals surface area contributed by atoms with Crippen LogP contribution < -0.4 is 24.7 Å². The van der Waals surface area contributed by atoms with E-state index in [1.54, 1.807) is 36.4 Å². The van der Waals surface area contributed by atoms with Crippen molar-refractivity contribution in [3.05, 3.63) is 42.0 Å². The van der Waals surface area contributed by atoms with E-state index in [0.717, 1.165) is 0 Å². The molecule has 0 aliphatic carbocycles. The second-order valence-corrected chi connectivity index (χ2v) is 4.82.